The summed E-state index contributed by atoms with van der Waals surface area (Å²) in [6.45, 7) is 6.95. The minimum atomic E-state index is 0.146. The van der Waals surface area contributed by atoms with E-state index in [1.165, 1.54) is 38.5 Å². The van der Waals surface area contributed by atoms with Gasteiger partial charge in [0.05, 0.1) is 6.04 Å². The molecule has 0 aromatic heterocycles. The molecule has 5 unspecified atom stereocenters. The molecule has 0 aromatic carbocycles. The SMILES string of the molecule is CC(C)C1CCCC2=C1CCC(C13CC1C=CC1NC(=O)C[C@@H](C)NC13)=C2. The molecule has 0 aromatic rings. The Morgan fingerprint density at radius 1 is 1.19 bits per heavy atom. The molecule has 146 valence electrons. The maximum atomic E-state index is 12.2. The molecular weight excluding hydrogens is 332 g/mol. The highest BCUT2D eigenvalue weighted by Crippen LogP contribution is 2.65. The third kappa shape index (κ3) is 2.76. The van der Waals surface area contributed by atoms with E-state index in [1.807, 2.05) is 0 Å². The molecular formula is C24H34N2O. The van der Waals surface area contributed by atoms with Crippen molar-refractivity contribution in [3.05, 3.63) is 34.9 Å². The van der Waals surface area contributed by atoms with E-state index in [-0.39, 0.29) is 23.4 Å². The van der Waals surface area contributed by atoms with Gasteiger partial charge in [0.1, 0.15) is 0 Å². The van der Waals surface area contributed by atoms with Crippen LogP contribution in [0.4, 0.5) is 0 Å². The first-order valence-corrected chi connectivity index (χ1v) is 11.2. The van der Waals surface area contributed by atoms with Crippen LogP contribution in [0.25, 0.3) is 0 Å². The van der Waals surface area contributed by atoms with Crippen molar-refractivity contribution < 1.29 is 4.79 Å². The summed E-state index contributed by atoms with van der Waals surface area (Å²) >= 11 is 0. The first-order valence-electron chi connectivity index (χ1n) is 11.2. The third-order valence-electron chi connectivity index (χ3n) is 8.04. The van der Waals surface area contributed by atoms with Gasteiger partial charge in [0.15, 0.2) is 0 Å². The van der Waals surface area contributed by atoms with E-state index in [4.69, 9.17) is 0 Å². The summed E-state index contributed by atoms with van der Waals surface area (Å²) in [6.07, 6.45) is 15.6. The lowest BCUT2D eigenvalue weighted by Crippen LogP contribution is -2.54. The molecule has 2 N–H and O–H groups in total. The predicted molar refractivity (Wildman–Crippen MR) is 109 cm³/mol. The molecule has 0 spiro atoms. The van der Waals surface area contributed by atoms with E-state index >= 15 is 0 Å². The van der Waals surface area contributed by atoms with Crippen LogP contribution in [0.3, 0.4) is 0 Å². The Labute approximate surface area is 163 Å². The molecule has 27 heavy (non-hydrogen) atoms. The summed E-state index contributed by atoms with van der Waals surface area (Å²) in [7, 11) is 0. The van der Waals surface area contributed by atoms with Crippen molar-refractivity contribution in [2.24, 2.45) is 23.2 Å². The average molecular weight is 367 g/mol. The molecule has 1 amide bonds. The molecule has 1 aliphatic heterocycles. The van der Waals surface area contributed by atoms with Crippen LogP contribution in [-0.2, 0) is 4.79 Å². The van der Waals surface area contributed by atoms with Crippen molar-refractivity contribution in [3.63, 3.8) is 0 Å². The maximum Gasteiger partial charge on any atom is 0.222 e. The molecule has 1 saturated carbocycles. The lowest BCUT2D eigenvalue weighted by Gasteiger charge is -2.41. The number of allylic oxidation sites excluding steroid dienone is 4. The van der Waals surface area contributed by atoms with Crippen LogP contribution in [0.2, 0.25) is 0 Å². The second-order valence-corrected chi connectivity index (χ2v) is 10.0. The molecule has 5 aliphatic rings. The van der Waals surface area contributed by atoms with E-state index in [1.54, 1.807) is 16.7 Å². The van der Waals surface area contributed by atoms with E-state index in [0.29, 0.717) is 18.4 Å². The van der Waals surface area contributed by atoms with E-state index in [0.717, 1.165) is 11.8 Å². The van der Waals surface area contributed by atoms with Crippen LogP contribution >= 0.6 is 0 Å². The Morgan fingerprint density at radius 2 is 2.04 bits per heavy atom. The minimum Gasteiger partial charge on any atom is -0.348 e. The predicted octanol–water partition coefficient (Wildman–Crippen LogP) is 4.27. The van der Waals surface area contributed by atoms with Gasteiger partial charge in [-0.15, -0.1) is 0 Å². The van der Waals surface area contributed by atoms with Crippen molar-refractivity contribution in [3.8, 4) is 0 Å². The molecule has 2 fully saturated rings. The summed E-state index contributed by atoms with van der Waals surface area (Å²) in [5.74, 6) is 2.41. The van der Waals surface area contributed by atoms with Gasteiger partial charge in [-0.25, -0.2) is 0 Å². The molecule has 0 radical (unpaired) electrons. The number of amides is 1. The van der Waals surface area contributed by atoms with Crippen molar-refractivity contribution >= 4 is 5.91 Å². The van der Waals surface area contributed by atoms with Crippen molar-refractivity contribution in [1.29, 1.82) is 0 Å². The fourth-order valence-electron chi connectivity index (χ4n) is 6.68. The standard InChI is InChI=1S/C24H34N2O/c1-14(2)19-6-4-5-16-12-17(7-9-20(16)19)24-13-18(24)8-10-21-23(24)25-15(3)11-22(27)26-21/h8,10,12,14-15,18-19,21,23,25H,4-7,9,11,13H2,1-3H3,(H,26,27)/t15-,18?,19?,21?,23?,24?/m1/s1. The van der Waals surface area contributed by atoms with Gasteiger partial charge < -0.3 is 10.6 Å². The summed E-state index contributed by atoms with van der Waals surface area (Å²) in [5, 5.41) is 7.13. The van der Waals surface area contributed by atoms with Crippen molar-refractivity contribution in [2.45, 2.75) is 83.8 Å². The summed E-state index contributed by atoms with van der Waals surface area (Å²) in [5.41, 5.74) is 5.35. The van der Waals surface area contributed by atoms with Gasteiger partial charge in [-0.3, -0.25) is 4.79 Å². The Morgan fingerprint density at radius 3 is 2.85 bits per heavy atom. The highest BCUT2D eigenvalue weighted by atomic mass is 16.1. The topological polar surface area (TPSA) is 41.1 Å². The largest absolute Gasteiger partial charge is 0.348 e. The molecule has 1 saturated heterocycles. The smallest absolute Gasteiger partial charge is 0.222 e. The molecule has 1 heterocycles. The summed E-state index contributed by atoms with van der Waals surface area (Å²) in [4.78, 5) is 12.2. The first-order chi connectivity index (χ1) is 13.0. The van der Waals surface area contributed by atoms with Crippen molar-refractivity contribution in [2.75, 3.05) is 0 Å². The van der Waals surface area contributed by atoms with Crippen LogP contribution in [0.1, 0.15) is 65.7 Å². The number of nitrogens with one attached hydrogen (secondary N) is 2. The van der Waals surface area contributed by atoms with Crippen LogP contribution in [0.5, 0.6) is 0 Å². The van der Waals surface area contributed by atoms with Crippen LogP contribution < -0.4 is 10.6 Å². The number of fused-ring (bicyclic) bond motifs is 3. The highest BCUT2D eigenvalue weighted by molar-refractivity contribution is 5.78. The van der Waals surface area contributed by atoms with Gasteiger partial charge in [0.25, 0.3) is 0 Å². The number of carbonyl (C=O) groups is 1. The number of rotatable bonds is 2. The van der Waals surface area contributed by atoms with Gasteiger partial charge in [0.2, 0.25) is 5.91 Å². The Kier molecular flexibility index (Phi) is 4.16. The maximum absolute atomic E-state index is 12.2. The highest BCUT2D eigenvalue weighted by Gasteiger charge is 2.63. The van der Waals surface area contributed by atoms with Crippen LogP contribution in [0.15, 0.2) is 34.9 Å². The summed E-state index contributed by atoms with van der Waals surface area (Å²) in [6, 6.07) is 0.752. The van der Waals surface area contributed by atoms with Gasteiger partial charge in [-0.1, -0.05) is 43.2 Å². The fourth-order valence-corrected chi connectivity index (χ4v) is 6.68. The van der Waals surface area contributed by atoms with E-state index < -0.39 is 0 Å². The molecule has 4 aliphatic carbocycles. The number of hydrogen-bond acceptors (Lipinski definition) is 2. The second-order valence-electron chi connectivity index (χ2n) is 10.0. The fraction of sp³-hybridized carbons (Fsp3) is 0.708. The van der Waals surface area contributed by atoms with Gasteiger partial charge in [0, 0.05) is 23.9 Å². The zero-order chi connectivity index (χ0) is 18.8. The van der Waals surface area contributed by atoms with Crippen LogP contribution in [-0.4, -0.2) is 24.0 Å². The minimum absolute atomic E-state index is 0.146. The molecule has 3 nitrogen and oxygen atoms in total. The van der Waals surface area contributed by atoms with E-state index in [2.05, 4.69) is 49.6 Å². The van der Waals surface area contributed by atoms with E-state index in [9.17, 15) is 4.79 Å². The molecule has 0 bridgehead atoms. The Hall–Kier alpha value is -1.35. The normalized spacial score (nSPS) is 43.3. The van der Waals surface area contributed by atoms with Gasteiger partial charge in [-0.2, -0.15) is 0 Å². The van der Waals surface area contributed by atoms with Gasteiger partial charge >= 0.3 is 0 Å². The average Bonchev–Trinajstić information content (AvgIpc) is 3.39. The quantitative estimate of drug-likeness (QED) is 0.717. The lowest BCUT2D eigenvalue weighted by molar-refractivity contribution is -0.121. The monoisotopic (exact) mass is 366 g/mol. The summed E-state index contributed by atoms with van der Waals surface area (Å²) < 4.78 is 0. The Bertz CT molecular complexity index is 745. The van der Waals surface area contributed by atoms with Crippen LogP contribution in [0, 0.1) is 23.2 Å². The third-order valence-corrected chi connectivity index (χ3v) is 8.04. The molecule has 3 heteroatoms. The molecule has 5 rings (SSSR count). The second kappa shape index (κ2) is 6.34. The molecule has 6 atom stereocenters. The lowest BCUT2D eigenvalue weighted by atomic mass is 9.68. The number of hydrogen-bond donors (Lipinski definition) is 2. The van der Waals surface area contributed by atoms with Gasteiger partial charge in [-0.05, 0) is 68.8 Å². The van der Waals surface area contributed by atoms with Crippen molar-refractivity contribution in [1.82, 2.24) is 10.6 Å². The Balaban J connectivity index is 1.50. The zero-order valence-corrected chi connectivity index (χ0v) is 17.1. The number of carbonyl (C=O) groups excluding carboxylic acids is 1. The zero-order valence-electron chi connectivity index (χ0n) is 17.1. The first kappa shape index (κ1) is 17.7.